The van der Waals surface area contributed by atoms with Crippen LogP contribution < -0.4 is 5.32 Å². The van der Waals surface area contributed by atoms with Gasteiger partial charge < -0.3 is 5.32 Å². The maximum Gasteiger partial charge on any atom is 0.0182 e. The first-order valence-electron chi connectivity index (χ1n) is 10.5. The lowest BCUT2D eigenvalue weighted by Gasteiger charge is -2.25. The monoisotopic (exact) mass is 383 g/mol. The Bertz CT molecular complexity index is 883. The molecule has 1 heterocycles. The summed E-state index contributed by atoms with van der Waals surface area (Å²) >= 11 is 0. The van der Waals surface area contributed by atoms with E-state index in [-0.39, 0.29) is 0 Å². The Morgan fingerprint density at radius 3 is 2.76 bits per heavy atom. The molecule has 1 heteroatoms. The lowest BCUT2D eigenvalue weighted by atomic mass is 9.79. The molecule has 0 atom stereocenters. The van der Waals surface area contributed by atoms with Gasteiger partial charge in [0.1, 0.15) is 0 Å². The number of terminal acetylenes is 1. The van der Waals surface area contributed by atoms with Gasteiger partial charge in [0.25, 0.3) is 0 Å². The third-order valence-electron chi connectivity index (χ3n) is 4.96. The fourth-order valence-electron chi connectivity index (χ4n) is 3.62. The minimum Gasteiger partial charge on any atom is -0.390 e. The standard InChI is InChI=1S/C28H33N/c1-5-8-11-12-14-17-25-20-24(16-10-7-3)21-27(26-18-19-29-22-26)28(25)23(4)15-13-9-6-2/h1,7-16,20,22,29H,6,17-19,21H2,2-4H3/b10-7-,11-8-,13-9-,14-12-,23-15+,24-16-. The van der Waals surface area contributed by atoms with E-state index in [1.54, 1.807) is 6.08 Å². The summed E-state index contributed by atoms with van der Waals surface area (Å²) in [4.78, 5) is 0. The highest BCUT2D eigenvalue weighted by molar-refractivity contribution is 5.62. The van der Waals surface area contributed by atoms with Crippen LogP contribution in [-0.2, 0) is 0 Å². The summed E-state index contributed by atoms with van der Waals surface area (Å²) in [6, 6.07) is 0. The van der Waals surface area contributed by atoms with Gasteiger partial charge in [-0.25, -0.2) is 0 Å². The molecule has 0 unspecified atom stereocenters. The van der Waals surface area contributed by atoms with Crippen molar-refractivity contribution in [2.75, 3.05) is 6.54 Å². The van der Waals surface area contributed by atoms with Crippen molar-refractivity contribution >= 4 is 0 Å². The first-order valence-corrected chi connectivity index (χ1v) is 10.5. The topological polar surface area (TPSA) is 12.0 Å². The van der Waals surface area contributed by atoms with Crippen LogP contribution in [0.15, 0.2) is 106 Å². The van der Waals surface area contributed by atoms with Crippen LogP contribution in [0.1, 0.15) is 46.5 Å². The molecule has 29 heavy (non-hydrogen) atoms. The lowest BCUT2D eigenvalue weighted by molar-refractivity contribution is 0.899. The summed E-state index contributed by atoms with van der Waals surface area (Å²) < 4.78 is 0. The quantitative estimate of drug-likeness (QED) is 0.350. The van der Waals surface area contributed by atoms with Gasteiger partial charge in [0.15, 0.2) is 0 Å². The summed E-state index contributed by atoms with van der Waals surface area (Å²) in [5, 5.41) is 3.40. The molecule has 0 aromatic heterocycles. The van der Waals surface area contributed by atoms with Crippen molar-refractivity contribution in [1.82, 2.24) is 5.32 Å². The second-order valence-electron chi connectivity index (χ2n) is 7.19. The van der Waals surface area contributed by atoms with Crippen molar-refractivity contribution in [2.24, 2.45) is 0 Å². The number of hydrogen-bond donors (Lipinski definition) is 1. The van der Waals surface area contributed by atoms with E-state index in [1.807, 2.05) is 12.2 Å². The summed E-state index contributed by atoms with van der Waals surface area (Å²) in [7, 11) is 0. The van der Waals surface area contributed by atoms with Gasteiger partial charge in [0.2, 0.25) is 0 Å². The zero-order valence-corrected chi connectivity index (χ0v) is 18.0. The Labute approximate surface area is 177 Å². The van der Waals surface area contributed by atoms with Crippen LogP contribution in [0.2, 0.25) is 0 Å². The third-order valence-corrected chi connectivity index (χ3v) is 4.96. The minimum absolute atomic E-state index is 0.879. The molecule has 0 aromatic carbocycles. The number of allylic oxidation sites excluding steroid dienone is 16. The van der Waals surface area contributed by atoms with E-state index in [2.05, 4.69) is 86.8 Å². The van der Waals surface area contributed by atoms with Crippen molar-refractivity contribution in [3.8, 4) is 12.3 Å². The maximum atomic E-state index is 5.30. The van der Waals surface area contributed by atoms with Gasteiger partial charge in [-0.15, -0.1) is 6.42 Å². The number of nitrogens with one attached hydrogen (secondary N) is 1. The van der Waals surface area contributed by atoms with Gasteiger partial charge in [0.05, 0.1) is 0 Å². The van der Waals surface area contributed by atoms with Gasteiger partial charge in [-0.2, -0.15) is 0 Å². The Balaban J connectivity index is 2.52. The molecule has 0 radical (unpaired) electrons. The molecule has 1 aliphatic carbocycles. The van der Waals surface area contributed by atoms with Crippen molar-refractivity contribution < 1.29 is 0 Å². The molecular weight excluding hydrogens is 350 g/mol. The summed E-state index contributed by atoms with van der Waals surface area (Å²) in [6.45, 7) is 7.48. The minimum atomic E-state index is 0.879. The van der Waals surface area contributed by atoms with E-state index < -0.39 is 0 Å². The zero-order chi connectivity index (χ0) is 20.9. The Morgan fingerprint density at radius 2 is 2.07 bits per heavy atom. The SMILES string of the molecule is C#C/C=C\C=C/CC1=C/C(=C/C=C\C)CC(C2=CNCC2)=C1/C(C)=C/C=C\CC. The molecule has 0 saturated heterocycles. The van der Waals surface area contributed by atoms with Crippen molar-refractivity contribution in [3.63, 3.8) is 0 Å². The average molecular weight is 384 g/mol. The van der Waals surface area contributed by atoms with Crippen LogP contribution in [0.5, 0.6) is 0 Å². The molecule has 0 aromatic rings. The van der Waals surface area contributed by atoms with Gasteiger partial charge in [-0.1, -0.05) is 73.6 Å². The second-order valence-corrected chi connectivity index (χ2v) is 7.19. The average Bonchev–Trinajstić information content (AvgIpc) is 3.26. The lowest BCUT2D eigenvalue weighted by Crippen LogP contribution is -2.07. The van der Waals surface area contributed by atoms with Crippen LogP contribution in [0.4, 0.5) is 0 Å². The Hall–Kier alpha value is -2.98. The fraction of sp³-hybridized carbons (Fsp3) is 0.286. The summed E-state index contributed by atoms with van der Waals surface area (Å²) in [5.74, 6) is 2.53. The maximum absolute atomic E-state index is 5.30. The van der Waals surface area contributed by atoms with Crippen LogP contribution in [0, 0.1) is 12.3 Å². The number of hydrogen-bond acceptors (Lipinski definition) is 1. The van der Waals surface area contributed by atoms with Crippen molar-refractivity contribution in [3.05, 3.63) is 106 Å². The molecule has 0 amide bonds. The van der Waals surface area contributed by atoms with Crippen molar-refractivity contribution in [1.29, 1.82) is 0 Å². The normalized spacial score (nSPS) is 19.7. The summed E-state index contributed by atoms with van der Waals surface area (Å²) in [5.41, 5.74) is 8.31. The first kappa shape index (κ1) is 22.3. The highest BCUT2D eigenvalue weighted by Gasteiger charge is 2.22. The smallest absolute Gasteiger partial charge is 0.0182 e. The predicted molar refractivity (Wildman–Crippen MR) is 128 cm³/mol. The molecule has 1 aliphatic heterocycles. The molecule has 0 saturated carbocycles. The molecule has 1 N–H and O–H groups in total. The van der Waals surface area contributed by atoms with E-state index in [1.165, 1.54) is 33.4 Å². The highest BCUT2D eigenvalue weighted by Crippen LogP contribution is 2.39. The third kappa shape index (κ3) is 6.84. The molecule has 2 aliphatic rings. The van der Waals surface area contributed by atoms with Crippen molar-refractivity contribution in [2.45, 2.75) is 46.5 Å². The van der Waals surface area contributed by atoms with Gasteiger partial charge in [0, 0.05) is 12.7 Å². The Morgan fingerprint density at radius 1 is 1.21 bits per heavy atom. The number of rotatable bonds is 8. The fourth-order valence-corrected chi connectivity index (χ4v) is 3.62. The van der Waals surface area contributed by atoms with E-state index in [0.29, 0.717) is 0 Å². The van der Waals surface area contributed by atoms with E-state index >= 15 is 0 Å². The van der Waals surface area contributed by atoms with Crippen LogP contribution >= 0.6 is 0 Å². The van der Waals surface area contributed by atoms with Crippen LogP contribution in [0.25, 0.3) is 0 Å². The van der Waals surface area contributed by atoms with Crippen LogP contribution in [0.3, 0.4) is 0 Å². The van der Waals surface area contributed by atoms with E-state index in [4.69, 9.17) is 6.42 Å². The largest absolute Gasteiger partial charge is 0.390 e. The molecular formula is C28H33N. The zero-order valence-electron chi connectivity index (χ0n) is 18.0. The molecule has 2 rings (SSSR count). The predicted octanol–water partition coefficient (Wildman–Crippen LogP) is 7.04. The molecule has 0 spiro atoms. The molecule has 0 bridgehead atoms. The summed E-state index contributed by atoms with van der Waals surface area (Å²) in [6.07, 6.45) is 34.8. The van der Waals surface area contributed by atoms with Crippen LogP contribution in [-0.4, -0.2) is 6.54 Å². The van der Waals surface area contributed by atoms with Gasteiger partial charge in [-0.05, 0) is 79.0 Å². The van der Waals surface area contributed by atoms with Gasteiger partial charge >= 0.3 is 0 Å². The molecule has 0 fully saturated rings. The highest BCUT2D eigenvalue weighted by atomic mass is 14.8. The Kier molecular flexibility index (Phi) is 9.60. The van der Waals surface area contributed by atoms with Gasteiger partial charge in [-0.3, -0.25) is 0 Å². The van der Waals surface area contributed by atoms with E-state index in [9.17, 15) is 0 Å². The molecule has 150 valence electrons. The first-order chi connectivity index (χ1) is 14.2. The second kappa shape index (κ2) is 12.5. The van der Waals surface area contributed by atoms with E-state index in [0.717, 1.165) is 32.2 Å². The molecule has 1 nitrogen and oxygen atoms in total.